The second-order valence-corrected chi connectivity index (χ2v) is 5.63. The molecule has 0 saturated heterocycles. The normalized spacial score (nSPS) is 18.6. The van der Waals surface area contributed by atoms with Crippen molar-refractivity contribution >= 4 is 16.9 Å². The van der Waals surface area contributed by atoms with E-state index in [-0.39, 0.29) is 0 Å². The molecule has 1 heterocycles. The van der Waals surface area contributed by atoms with Crippen LogP contribution in [0, 0.1) is 0 Å². The van der Waals surface area contributed by atoms with Crippen LogP contribution < -0.4 is 10.1 Å². The molecule has 1 N–H and O–H groups in total. The fourth-order valence-corrected chi connectivity index (χ4v) is 3.13. The van der Waals surface area contributed by atoms with E-state index in [1.807, 2.05) is 30.0 Å². The van der Waals surface area contributed by atoms with Gasteiger partial charge in [-0.15, -0.1) is 0 Å². The predicted molar refractivity (Wildman–Crippen MR) is 78.4 cm³/mol. The van der Waals surface area contributed by atoms with Gasteiger partial charge in [-0.1, -0.05) is 43.3 Å². The molecule has 0 radical (unpaired) electrons. The first-order chi connectivity index (χ1) is 8.83. The summed E-state index contributed by atoms with van der Waals surface area (Å²) in [5, 5.41) is 5.12. The van der Waals surface area contributed by atoms with Crippen molar-refractivity contribution < 1.29 is 4.74 Å². The Hall–Kier alpha value is -1.16. The number of para-hydroxylation sites is 1. The lowest BCUT2D eigenvalue weighted by Crippen LogP contribution is -2.19. The molecule has 4 heteroatoms. The summed E-state index contributed by atoms with van der Waals surface area (Å²) in [4.78, 5) is 4.53. The first kappa shape index (κ1) is 13.3. The van der Waals surface area contributed by atoms with Crippen molar-refractivity contribution in [3.8, 4) is 5.75 Å². The first-order valence-electron chi connectivity index (χ1n) is 6.40. The first-order valence-corrected chi connectivity index (χ1v) is 7.28. The van der Waals surface area contributed by atoms with Gasteiger partial charge in [0.05, 0.1) is 13.7 Å². The average molecular weight is 264 g/mol. The van der Waals surface area contributed by atoms with Crippen LogP contribution in [0.25, 0.3) is 0 Å². The number of ether oxygens (including phenoxy) is 1. The molecule has 0 aromatic heterocycles. The van der Waals surface area contributed by atoms with Crippen LogP contribution in [0.4, 0.5) is 0 Å². The van der Waals surface area contributed by atoms with Gasteiger partial charge in [-0.3, -0.25) is 4.99 Å². The van der Waals surface area contributed by atoms with Gasteiger partial charge in [0.1, 0.15) is 5.75 Å². The van der Waals surface area contributed by atoms with E-state index < -0.39 is 0 Å². The molecular weight excluding hydrogens is 244 g/mol. The third kappa shape index (κ3) is 3.42. The van der Waals surface area contributed by atoms with Crippen LogP contribution in [0.1, 0.15) is 25.3 Å². The third-order valence-corrected chi connectivity index (χ3v) is 4.16. The molecule has 1 unspecified atom stereocenters. The van der Waals surface area contributed by atoms with Gasteiger partial charge in [-0.25, -0.2) is 0 Å². The molecule has 0 fully saturated rings. The fourth-order valence-electron chi connectivity index (χ4n) is 2.01. The number of hydrogen-bond acceptors (Lipinski definition) is 4. The van der Waals surface area contributed by atoms with Crippen molar-refractivity contribution in [3.63, 3.8) is 0 Å². The molecule has 1 aromatic carbocycles. The number of hydrogen-bond donors (Lipinski definition) is 1. The van der Waals surface area contributed by atoms with Crippen molar-refractivity contribution in [2.45, 2.75) is 31.6 Å². The van der Waals surface area contributed by atoms with E-state index >= 15 is 0 Å². The minimum atomic E-state index is 0.662. The van der Waals surface area contributed by atoms with Gasteiger partial charge in [-0.05, 0) is 12.5 Å². The Morgan fingerprint density at radius 1 is 1.44 bits per heavy atom. The highest BCUT2D eigenvalue weighted by molar-refractivity contribution is 8.14. The zero-order valence-corrected chi connectivity index (χ0v) is 11.8. The Kier molecular flexibility index (Phi) is 4.93. The number of nitrogens with one attached hydrogen (secondary N) is 1. The van der Waals surface area contributed by atoms with Gasteiger partial charge in [0.15, 0.2) is 5.17 Å². The summed E-state index contributed by atoms with van der Waals surface area (Å²) >= 11 is 1.87. The summed E-state index contributed by atoms with van der Waals surface area (Å²) in [5.41, 5.74) is 1.17. The van der Waals surface area contributed by atoms with Gasteiger partial charge in [0, 0.05) is 17.4 Å². The maximum absolute atomic E-state index is 5.33. The van der Waals surface area contributed by atoms with Crippen molar-refractivity contribution in [1.29, 1.82) is 0 Å². The Labute approximate surface area is 113 Å². The van der Waals surface area contributed by atoms with E-state index in [9.17, 15) is 0 Å². The summed E-state index contributed by atoms with van der Waals surface area (Å²) in [6, 6.07) is 8.08. The SMILES string of the molecule is CCCC1CN=C(NCc2ccccc2OC)S1. The van der Waals surface area contributed by atoms with Crippen molar-refractivity contribution in [3.05, 3.63) is 29.8 Å². The van der Waals surface area contributed by atoms with E-state index in [0.29, 0.717) is 5.25 Å². The largest absolute Gasteiger partial charge is 0.496 e. The zero-order chi connectivity index (χ0) is 12.8. The third-order valence-electron chi connectivity index (χ3n) is 2.95. The van der Waals surface area contributed by atoms with Crippen LogP contribution in [0.15, 0.2) is 29.3 Å². The smallest absolute Gasteiger partial charge is 0.157 e. The van der Waals surface area contributed by atoms with Crippen LogP contribution in [-0.2, 0) is 6.54 Å². The number of nitrogens with zero attached hydrogens (tertiary/aromatic N) is 1. The van der Waals surface area contributed by atoms with Gasteiger partial charge in [0.2, 0.25) is 0 Å². The molecule has 0 spiro atoms. The lowest BCUT2D eigenvalue weighted by atomic mass is 10.2. The maximum Gasteiger partial charge on any atom is 0.157 e. The van der Waals surface area contributed by atoms with Gasteiger partial charge in [0.25, 0.3) is 0 Å². The molecule has 0 amide bonds. The van der Waals surface area contributed by atoms with Crippen LogP contribution in [0.3, 0.4) is 0 Å². The molecule has 1 atom stereocenters. The Balaban J connectivity index is 1.85. The summed E-state index contributed by atoms with van der Waals surface area (Å²) in [6.45, 7) is 3.95. The summed E-state index contributed by atoms with van der Waals surface area (Å²) < 4.78 is 5.33. The van der Waals surface area contributed by atoms with Crippen LogP contribution in [0.2, 0.25) is 0 Å². The number of rotatable bonds is 5. The van der Waals surface area contributed by atoms with Gasteiger partial charge in [-0.2, -0.15) is 0 Å². The number of aliphatic imine (C=N–C) groups is 1. The molecule has 1 aliphatic heterocycles. The molecule has 0 saturated carbocycles. The summed E-state index contributed by atoms with van der Waals surface area (Å²) in [6.07, 6.45) is 2.47. The Morgan fingerprint density at radius 3 is 3.06 bits per heavy atom. The second-order valence-electron chi connectivity index (χ2n) is 4.34. The number of amidine groups is 1. The monoisotopic (exact) mass is 264 g/mol. The maximum atomic E-state index is 5.33. The van der Waals surface area contributed by atoms with Crippen LogP contribution >= 0.6 is 11.8 Å². The van der Waals surface area contributed by atoms with Crippen molar-refractivity contribution in [2.24, 2.45) is 4.99 Å². The highest BCUT2D eigenvalue weighted by Crippen LogP contribution is 2.24. The molecular formula is C14H20N2OS. The highest BCUT2D eigenvalue weighted by atomic mass is 32.2. The Bertz CT molecular complexity index is 420. The van der Waals surface area contributed by atoms with E-state index in [2.05, 4.69) is 23.3 Å². The van der Waals surface area contributed by atoms with Crippen molar-refractivity contribution in [2.75, 3.05) is 13.7 Å². The molecule has 2 rings (SSSR count). The zero-order valence-electron chi connectivity index (χ0n) is 11.0. The number of benzene rings is 1. The average Bonchev–Trinajstić information content (AvgIpc) is 2.85. The van der Waals surface area contributed by atoms with E-state index in [4.69, 9.17) is 4.74 Å². The number of methoxy groups -OCH3 is 1. The molecule has 3 nitrogen and oxygen atoms in total. The second kappa shape index (κ2) is 6.69. The molecule has 98 valence electrons. The minimum absolute atomic E-state index is 0.662. The quantitative estimate of drug-likeness (QED) is 0.887. The van der Waals surface area contributed by atoms with Crippen LogP contribution in [0.5, 0.6) is 5.75 Å². The topological polar surface area (TPSA) is 33.6 Å². The molecule has 1 aliphatic rings. The van der Waals surface area contributed by atoms with E-state index in [1.165, 1.54) is 18.4 Å². The van der Waals surface area contributed by atoms with Gasteiger partial charge < -0.3 is 10.1 Å². The lowest BCUT2D eigenvalue weighted by Gasteiger charge is -2.10. The Morgan fingerprint density at radius 2 is 2.28 bits per heavy atom. The summed E-state index contributed by atoms with van der Waals surface area (Å²) in [7, 11) is 1.71. The number of thioether (sulfide) groups is 1. The summed E-state index contributed by atoms with van der Waals surface area (Å²) in [5.74, 6) is 0.929. The highest BCUT2D eigenvalue weighted by Gasteiger charge is 2.18. The standard InChI is InChI=1S/C14H20N2OS/c1-3-6-12-10-16-14(18-12)15-9-11-7-4-5-8-13(11)17-2/h4-5,7-8,12H,3,6,9-10H2,1-2H3,(H,15,16). The van der Waals surface area contributed by atoms with Gasteiger partial charge >= 0.3 is 0 Å². The van der Waals surface area contributed by atoms with E-state index in [0.717, 1.165) is 24.0 Å². The molecule has 0 bridgehead atoms. The molecule has 0 aliphatic carbocycles. The lowest BCUT2D eigenvalue weighted by molar-refractivity contribution is 0.409. The molecule has 1 aromatic rings. The fraction of sp³-hybridized carbons (Fsp3) is 0.500. The predicted octanol–water partition coefficient (Wildman–Crippen LogP) is 3.06. The van der Waals surface area contributed by atoms with Crippen molar-refractivity contribution in [1.82, 2.24) is 5.32 Å². The molecule has 18 heavy (non-hydrogen) atoms. The van der Waals surface area contributed by atoms with E-state index in [1.54, 1.807) is 7.11 Å². The minimum Gasteiger partial charge on any atom is -0.496 e. The van der Waals surface area contributed by atoms with Crippen LogP contribution in [-0.4, -0.2) is 24.1 Å².